The maximum absolute atomic E-state index is 5.49. The van der Waals surface area contributed by atoms with E-state index in [0.717, 1.165) is 39.0 Å². The van der Waals surface area contributed by atoms with Gasteiger partial charge in [-0.15, -0.1) is 0 Å². The van der Waals surface area contributed by atoms with Gasteiger partial charge in [-0.3, -0.25) is 0 Å². The van der Waals surface area contributed by atoms with E-state index < -0.39 is 0 Å². The molecule has 0 atom stereocenters. The van der Waals surface area contributed by atoms with Gasteiger partial charge in [0.1, 0.15) is 0 Å². The van der Waals surface area contributed by atoms with Crippen LogP contribution in [0.5, 0.6) is 0 Å². The highest BCUT2D eigenvalue weighted by molar-refractivity contribution is 5.33. The first-order valence-corrected chi connectivity index (χ1v) is 5.28. The number of aryl methyl sites for hydroxylation is 1. The molecule has 14 heavy (non-hydrogen) atoms. The zero-order valence-electron chi connectivity index (χ0n) is 8.46. The van der Waals surface area contributed by atoms with E-state index in [4.69, 9.17) is 10.5 Å². The van der Waals surface area contributed by atoms with Crippen molar-refractivity contribution in [2.24, 2.45) is 5.73 Å². The first-order chi connectivity index (χ1) is 6.90. The van der Waals surface area contributed by atoms with Crippen molar-refractivity contribution in [3.63, 3.8) is 0 Å². The first-order valence-electron chi connectivity index (χ1n) is 5.28. The Morgan fingerprint density at radius 1 is 1.29 bits per heavy atom. The summed E-state index contributed by atoms with van der Waals surface area (Å²) in [6.45, 7) is 2.43. The summed E-state index contributed by atoms with van der Waals surface area (Å²) < 4.78 is 5.43. The Morgan fingerprint density at radius 3 is 3.07 bits per heavy atom. The van der Waals surface area contributed by atoms with Crippen LogP contribution in [0, 0.1) is 0 Å². The van der Waals surface area contributed by atoms with Gasteiger partial charge in [0.15, 0.2) is 0 Å². The third-order valence-corrected chi connectivity index (χ3v) is 2.71. The quantitative estimate of drug-likeness (QED) is 0.788. The highest BCUT2D eigenvalue weighted by atomic mass is 16.5. The Hall–Kier alpha value is -0.860. The molecule has 0 radical (unpaired) electrons. The number of fused-ring (bicyclic) bond motifs is 1. The molecular formula is C12H17NO. The topological polar surface area (TPSA) is 35.2 Å². The van der Waals surface area contributed by atoms with Crippen LogP contribution in [-0.4, -0.2) is 13.2 Å². The lowest BCUT2D eigenvalue weighted by molar-refractivity contribution is 0.110. The van der Waals surface area contributed by atoms with Gasteiger partial charge in [-0.2, -0.15) is 0 Å². The predicted octanol–water partition coefficient (Wildman–Crippen LogP) is 1.65. The largest absolute Gasteiger partial charge is 0.376 e. The number of hydrogen-bond acceptors (Lipinski definition) is 2. The Kier molecular flexibility index (Phi) is 3.17. The number of nitrogens with two attached hydrogens (primary N) is 1. The fourth-order valence-corrected chi connectivity index (χ4v) is 1.88. The third-order valence-electron chi connectivity index (χ3n) is 2.71. The van der Waals surface area contributed by atoms with Gasteiger partial charge in [0.25, 0.3) is 0 Å². The molecule has 1 aromatic carbocycles. The van der Waals surface area contributed by atoms with Crippen molar-refractivity contribution in [3.8, 4) is 0 Å². The Labute approximate surface area is 85.1 Å². The van der Waals surface area contributed by atoms with Crippen LogP contribution < -0.4 is 5.73 Å². The van der Waals surface area contributed by atoms with Crippen LogP contribution in [0.1, 0.15) is 23.1 Å². The standard InChI is InChI=1S/C12H17NO/c13-6-1-2-10-3-4-11-5-7-14-9-12(11)8-10/h3-4,8H,1-2,5-7,9,13H2. The summed E-state index contributed by atoms with van der Waals surface area (Å²) in [5, 5.41) is 0. The minimum Gasteiger partial charge on any atom is -0.376 e. The van der Waals surface area contributed by atoms with Gasteiger partial charge in [0, 0.05) is 0 Å². The molecule has 1 aliphatic rings. The molecule has 0 unspecified atom stereocenters. The van der Waals surface area contributed by atoms with Gasteiger partial charge in [-0.05, 0) is 42.5 Å². The maximum Gasteiger partial charge on any atom is 0.0719 e. The minimum atomic E-state index is 0.771. The van der Waals surface area contributed by atoms with Gasteiger partial charge in [-0.25, -0.2) is 0 Å². The lowest BCUT2D eigenvalue weighted by Crippen LogP contribution is -2.10. The van der Waals surface area contributed by atoms with Crippen LogP contribution in [0.15, 0.2) is 18.2 Å². The molecule has 1 heterocycles. The van der Waals surface area contributed by atoms with Crippen molar-refractivity contribution >= 4 is 0 Å². The van der Waals surface area contributed by atoms with Crippen LogP contribution in [0.2, 0.25) is 0 Å². The smallest absolute Gasteiger partial charge is 0.0719 e. The van der Waals surface area contributed by atoms with Gasteiger partial charge in [-0.1, -0.05) is 18.2 Å². The van der Waals surface area contributed by atoms with Crippen molar-refractivity contribution < 1.29 is 4.74 Å². The molecule has 0 spiro atoms. The van der Waals surface area contributed by atoms with E-state index in [2.05, 4.69) is 18.2 Å². The Balaban J connectivity index is 2.12. The fraction of sp³-hybridized carbons (Fsp3) is 0.500. The number of benzene rings is 1. The molecule has 2 rings (SSSR count). The summed E-state index contributed by atoms with van der Waals surface area (Å²) in [5.41, 5.74) is 9.70. The van der Waals surface area contributed by atoms with Crippen LogP contribution in [-0.2, 0) is 24.2 Å². The Bertz CT molecular complexity index is 309. The third kappa shape index (κ3) is 2.14. The van der Waals surface area contributed by atoms with Crippen molar-refractivity contribution in [3.05, 3.63) is 34.9 Å². The summed E-state index contributed by atoms with van der Waals surface area (Å²) in [7, 11) is 0. The average Bonchev–Trinajstić information content (AvgIpc) is 2.26. The molecule has 0 saturated heterocycles. The normalized spacial score (nSPS) is 15.2. The molecule has 2 nitrogen and oxygen atoms in total. The van der Waals surface area contributed by atoms with E-state index >= 15 is 0 Å². The fourth-order valence-electron chi connectivity index (χ4n) is 1.88. The second-order valence-corrected chi connectivity index (χ2v) is 3.80. The van der Waals surface area contributed by atoms with E-state index in [9.17, 15) is 0 Å². The highest BCUT2D eigenvalue weighted by Crippen LogP contribution is 2.18. The lowest BCUT2D eigenvalue weighted by Gasteiger charge is -2.17. The molecular weight excluding hydrogens is 174 g/mol. The van der Waals surface area contributed by atoms with Crippen LogP contribution in [0.4, 0.5) is 0 Å². The molecule has 2 heteroatoms. The summed E-state index contributed by atoms with van der Waals surface area (Å²) in [5.74, 6) is 0. The monoisotopic (exact) mass is 191 g/mol. The van der Waals surface area contributed by atoms with Crippen molar-refractivity contribution in [1.82, 2.24) is 0 Å². The SMILES string of the molecule is NCCCc1ccc2c(c1)COCC2. The summed E-state index contributed by atoms with van der Waals surface area (Å²) in [4.78, 5) is 0. The molecule has 0 saturated carbocycles. The van der Waals surface area contributed by atoms with Crippen LogP contribution in [0.3, 0.4) is 0 Å². The zero-order chi connectivity index (χ0) is 9.80. The van der Waals surface area contributed by atoms with Gasteiger partial charge >= 0.3 is 0 Å². The number of ether oxygens (including phenoxy) is 1. The molecule has 0 fully saturated rings. The van der Waals surface area contributed by atoms with Crippen LogP contribution in [0.25, 0.3) is 0 Å². The van der Waals surface area contributed by atoms with Crippen molar-refractivity contribution in [1.29, 1.82) is 0 Å². The summed E-state index contributed by atoms with van der Waals surface area (Å²) >= 11 is 0. The summed E-state index contributed by atoms with van der Waals surface area (Å²) in [6, 6.07) is 6.73. The maximum atomic E-state index is 5.49. The van der Waals surface area contributed by atoms with E-state index in [1.165, 1.54) is 16.7 Å². The molecule has 0 amide bonds. The van der Waals surface area contributed by atoms with E-state index in [1.54, 1.807) is 0 Å². The second kappa shape index (κ2) is 4.58. The molecule has 1 aromatic rings. The molecule has 76 valence electrons. The first kappa shape index (κ1) is 9.69. The number of rotatable bonds is 3. The van der Waals surface area contributed by atoms with E-state index in [-0.39, 0.29) is 0 Å². The number of hydrogen-bond donors (Lipinski definition) is 1. The highest BCUT2D eigenvalue weighted by Gasteiger charge is 2.09. The Morgan fingerprint density at radius 2 is 2.21 bits per heavy atom. The van der Waals surface area contributed by atoms with Crippen molar-refractivity contribution in [2.75, 3.05) is 13.2 Å². The van der Waals surface area contributed by atoms with Gasteiger partial charge < -0.3 is 10.5 Å². The second-order valence-electron chi connectivity index (χ2n) is 3.80. The molecule has 2 N–H and O–H groups in total. The average molecular weight is 191 g/mol. The van der Waals surface area contributed by atoms with Crippen molar-refractivity contribution in [2.45, 2.75) is 25.9 Å². The van der Waals surface area contributed by atoms with E-state index in [0.29, 0.717) is 0 Å². The van der Waals surface area contributed by atoms with Crippen LogP contribution >= 0.6 is 0 Å². The lowest BCUT2D eigenvalue weighted by atomic mass is 9.98. The molecule has 0 aromatic heterocycles. The predicted molar refractivity (Wildman–Crippen MR) is 57.2 cm³/mol. The molecule has 0 bridgehead atoms. The van der Waals surface area contributed by atoms with E-state index in [1.807, 2.05) is 0 Å². The molecule has 0 aliphatic carbocycles. The minimum absolute atomic E-state index is 0.771. The summed E-state index contributed by atoms with van der Waals surface area (Å²) in [6.07, 6.45) is 3.22. The van der Waals surface area contributed by atoms with Gasteiger partial charge in [0.05, 0.1) is 13.2 Å². The van der Waals surface area contributed by atoms with Gasteiger partial charge in [0.2, 0.25) is 0 Å². The zero-order valence-corrected chi connectivity index (χ0v) is 8.46. The molecule has 1 aliphatic heterocycles.